The predicted octanol–water partition coefficient (Wildman–Crippen LogP) is 1.65. The standard InChI is InChI=1S/C10H17NO/c1-7(2)6-10(12)8-4-3-5-9(8)11/h6,8-9H,3-5,11H2,1-2H3. The molecular weight excluding hydrogens is 150 g/mol. The van der Waals surface area contributed by atoms with Gasteiger partial charge < -0.3 is 5.73 Å². The second kappa shape index (κ2) is 3.85. The summed E-state index contributed by atoms with van der Waals surface area (Å²) in [6.07, 6.45) is 4.81. The second-order valence-electron chi connectivity index (χ2n) is 3.83. The lowest BCUT2D eigenvalue weighted by Gasteiger charge is -2.11. The van der Waals surface area contributed by atoms with E-state index in [-0.39, 0.29) is 17.7 Å². The number of hydrogen-bond acceptors (Lipinski definition) is 2. The summed E-state index contributed by atoms with van der Waals surface area (Å²) in [6, 6.07) is 0.105. The number of rotatable bonds is 2. The Bertz CT molecular complexity index is 204. The molecule has 0 bridgehead atoms. The summed E-state index contributed by atoms with van der Waals surface area (Å²) in [5, 5.41) is 0. The van der Waals surface area contributed by atoms with Crippen molar-refractivity contribution in [2.75, 3.05) is 0 Å². The van der Waals surface area contributed by atoms with E-state index in [0.717, 1.165) is 24.8 Å². The first-order valence-corrected chi connectivity index (χ1v) is 4.55. The minimum Gasteiger partial charge on any atom is -0.327 e. The maximum Gasteiger partial charge on any atom is 0.160 e. The summed E-state index contributed by atoms with van der Waals surface area (Å²) in [5.41, 5.74) is 6.87. The zero-order chi connectivity index (χ0) is 9.14. The molecule has 2 unspecified atom stereocenters. The van der Waals surface area contributed by atoms with Crippen molar-refractivity contribution in [1.29, 1.82) is 0 Å². The lowest BCUT2D eigenvalue weighted by molar-refractivity contribution is -0.118. The molecule has 1 fully saturated rings. The third kappa shape index (κ3) is 2.18. The van der Waals surface area contributed by atoms with Crippen LogP contribution < -0.4 is 5.73 Å². The monoisotopic (exact) mass is 167 g/mol. The Balaban J connectivity index is 2.58. The minimum absolute atomic E-state index is 0.0971. The third-order valence-corrected chi connectivity index (χ3v) is 2.37. The molecule has 2 N–H and O–H groups in total. The van der Waals surface area contributed by atoms with Crippen LogP contribution in [0.3, 0.4) is 0 Å². The molecule has 0 spiro atoms. The second-order valence-corrected chi connectivity index (χ2v) is 3.83. The van der Waals surface area contributed by atoms with E-state index in [9.17, 15) is 4.79 Å². The van der Waals surface area contributed by atoms with E-state index < -0.39 is 0 Å². The highest BCUT2D eigenvalue weighted by atomic mass is 16.1. The molecular formula is C10H17NO. The predicted molar refractivity (Wildman–Crippen MR) is 49.8 cm³/mol. The molecule has 0 heterocycles. The SMILES string of the molecule is CC(C)=CC(=O)C1CCCC1N. The molecule has 1 aliphatic rings. The molecule has 0 radical (unpaired) electrons. The molecule has 0 aliphatic heterocycles. The van der Waals surface area contributed by atoms with Gasteiger partial charge in [-0.2, -0.15) is 0 Å². The number of nitrogens with two attached hydrogens (primary N) is 1. The molecule has 2 nitrogen and oxygen atoms in total. The first-order chi connectivity index (χ1) is 5.61. The van der Waals surface area contributed by atoms with Crippen molar-refractivity contribution in [2.45, 2.75) is 39.2 Å². The highest BCUT2D eigenvalue weighted by molar-refractivity contribution is 5.92. The molecule has 0 aromatic heterocycles. The van der Waals surface area contributed by atoms with E-state index >= 15 is 0 Å². The van der Waals surface area contributed by atoms with Crippen molar-refractivity contribution >= 4 is 5.78 Å². The number of carbonyl (C=O) groups is 1. The van der Waals surface area contributed by atoms with Crippen LogP contribution in [0.25, 0.3) is 0 Å². The Hall–Kier alpha value is -0.630. The molecule has 0 amide bonds. The number of allylic oxidation sites excluding steroid dienone is 2. The lowest BCUT2D eigenvalue weighted by Crippen LogP contribution is -2.29. The summed E-state index contributed by atoms with van der Waals surface area (Å²) in [4.78, 5) is 11.5. The number of hydrogen-bond donors (Lipinski definition) is 1. The molecule has 2 atom stereocenters. The van der Waals surface area contributed by atoms with Gasteiger partial charge in [0.25, 0.3) is 0 Å². The molecule has 1 saturated carbocycles. The van der Waals surface area contributed by atoms with Gasteiger partial charge in [-0.1, -0.05) is 12.0 Å². The Morgan fingerprint density at radius 1 is 1.42 bits per heavy atom. The van der Waals surface area contributed by atoms with Gasteiger partial charge in [0.15, 0.2) is 5.78 Å². The van der Waals surface area contributed by atoms with Crippen LogP contribution in [0.5, 0.6) is 0 Å². The van der Waals surface area contributed by atoms with E-state index in [1.807, 2.05) is 13.8 Å². The average molecular weight is 167 g/mol. The highest BCUT2D eigenvalue weighted by Crippen LogP contribution is 2.25. The fraction of sp³-hybridized carbons (Fsp3) is 0.700. The molecule has 1 rings (SSSR count). The van der Waals surface area contributed by atoms with Crippen molar-refractivity contribution < 1.29 is 4.79 Å². The summed E-state index contributed by atoms with van der Waals surface area (Å²) < 4.78 is 0. The third-order valence-electron chi connectivity index (χ3n) is 2.37. The summed E-state index contributed by atoms with van der Waals surface area (Å²) in [7, 11) is 0. The molecule has 12 heavy (non-hydrogen) atoms. The van der Waals surface area contributed by atoms with Crippen molar-refractivity contribution in [1.82, 2.24) is 0 Å². The van der Waals surface area contributed by atoms with Gasteiger partial charge in [-0.15, -0.1) is 0 Å². The maximum absolute atomic E-state index is 11.5. The maximum atomic E-state index is 11.5. The average Bonchev–Trinajstić information content (AvgIpc) is 2.33. The molecule has 0 aromatic rings. The zero-order valence-corrected chi connectivity index (χ0v) is 7.84. The van der Waals surface area contributed by atoms with Crippen LogP contribution in [-0.2, 0) is 4.79 Å². The van der Waals surface area contributed by atoms with E-state index in [0.29, 0.717) is 0 Å². The summed E-state index contributed by atoms with van der Waals surface area (Å²) >= 11 is 0. The van der Waals surface area contributed by atoms with Gasteiger partial charge in [0.2, 0.25) is 0 Å². The molecule has 2 heteroatoms. The van der Waals surface area contributed by atoms with Gasteiger partial charge in [0, 0.05) is 12.0 Å². The van der Waals surface area contributed by atoms with Crippen LogP contribution in [0.4, 0.5) is 0 Å². The van der Waals surface area contributed by atoms with Crippen molar-refractivity contribution in [2.24, 2.45) is 11.7 Å². The van der Waals surface area contributed by atoms with E-state index in [1.165, 1.54) is 0 Å². The minimum atomic E-state index is 0.0971. The van der Waals surface area contributed by atoms with Crippen LogP contribution in [0.2, 0.25) is 0 Å². The van der Waals surface area contributed by atoms with Gasteiger partial charge in [-0.25, -0.2) is 0 Å². The van der Waals surface area contributed by atoms with Gasteiger partial charge in [-0.05, 0) is 32.8 Å². The van der Waals surface area contributed by atoms with Crippen LogP contribution >= 0.6 is 0 Å². The Kier molecular flexibility index (Phi) is 3.04. The van der Waals surface area contributed by atoms with Crippen molar-refractivity contribution in [3.05, 3.63) is 11.6 Å². The Morgan fingerprint density at radius 3 is 2.50 bits per heavy atom. The summed E-state index contributed by atoms with van der Waals surface area (Å²) in [5.74, 6) is 0.319. The van der Waals surface area contributed by atoms with Crippen molar-refractivity contribution in [3.8, 4) is 0 Å². The topological polar surface area (TPSA) is 43.1 Å². The van der Waals surface area contributed by atoms with Gasteiger partial charge in [-0.3, -0.25) is 4.79 Å². The van der Waals surface area contributed by atoms with E-state index in [4.69, 9.17) is 5.73 Å². The molecule has 0 saturated heterocycles. The van der Waals surface area contributed by atoms with Gasteiger partial charge >= 0.3 is 0 Å². The van der Waals surface area contributed by atoms with Crippen LogP contribution in [0, 0.1) is 5.92 Å². The molecule has 0 aromatic carbocycles. The van der Waals surface area contributed by atoms with E-state index in [2.05, 4.69) is 0 Å². The Labute approximate surface area is 73.8 Å². The summed E-state index contributed by atoms with van der Waals surface area (Å²) in [6.45, 7) is 3.89. The normalized spacial score (nSPS) is 28.6. The number of ketones is 1. The molecule has 68 valence electrons. The lowest BCUT2D eigenvalue weighted by atomic mass is 9.98. The zero-order valence-electron chi connectivity index (χ0n) is 7.84. The molecule has 1 aliphatic carbocycles. The first-order valence-electron chi connectivity index (χ1n) is 4.55. The van der Waals surface area contributed by atoms with Crippen LogP contribution in [0.15, 0.2) is 11.6 Å². The smallest absolute Gasteiger partial charge is 0.160 e. The van der Waals surface area contributed by atoms with Crippen LogP contribution in [-0.4, -0.2) is 11.8 Å². The van der Waals surface area contributed by atoms with Crippen molar-refractivity contribution in [3.63, 3.8) is 0 Å². The quantitative estimate of drug-likeness (QED) is 0.635. The van der Waals surface area contributed by atoms with Gasteiger partial charge in [0.05, 0.1) is 0 Å². The highest BCUT2D eigenvalue weighted by Gasteiger charge is 2.28. The van der Waals surface area contributed by atoms with Gasteiger partial charge in [0.1, 0.15) is 0 Å². The van der Waals surface area contributed by atoms with Crippen LogP contribution in [0.1, 0.15) is 33.1 Å². The fourth-order valence-corrected chi connectivity index (χ4v) is 1.73. The first kappa shape index (κ1) is 9.46. The largest absolute Gasteiger partial charge is 0.327 e. The Morgan fingerprint density at radius 2 is 2.08 bits per heavy atom. The van der Waals surface area contributed by atoms with E-state index in [1.54, 1.807) is 6.08 Å². The number of carbonyl (C=O) groups excluding carboxylic acids is 1. The fourth-order valence-electron chi connectivity index (χ4n) is 1.73.